The highest BCUT2D eigenvalue weighted by atomic mass is 35.5. The predicted octanol–water partition coefficient (Wildman–Crippen LogP) is 3.12. The summed E-state index contributed by atoms with van der Waals surface area (Å²) in [7, 11) is -3.92. The van der Waals surface area contributed by atoms with E-state index in [-0.39, 0.29) is 43.6 Å². The number of ether oxygens (including phenoxy) is 2. The van der Waals surface area contributed by atoms with Crippen molar-refractivity contribution in [2.24, 2.45) is 0 Å². The average molecular weight is 604 g/mol. The van der Waals surface area contributed by atoms with Crippen LogP contribution in [-0.4, -0.2) is 92.6 Å². The Bertz CT molecular complexity index is 1410. The molecule has 11 nitrogen and oxygen atoms in total. The first kappa shape index (κ1) is 29.2. The van der Waals surface area contributed by atoms with Crippen LogP contribution in [0.4, 0.5) is 10.5 Å². The van der Waals surface area contributed by atoms with E-state index in [1.165, 1.54) is 4.31 Å². The van der Waals surface area contributed by atoms with Gasteiger partial charge in [0, 0.05) is 61.4 Å². The van der Waals surface area contributed by atoms with Crippen molar-refractivity contribution in [2.75, 3.05) is 57.4 Å². The molecular formula is C28H34ClN5O6S. The van der Waals surface area contributed by atoms with E-state index < -0.39 is 21.7 Å². The molecule has 0 unspecified atom stereocenters. The number of anilines is 1. The second-order valence-corrected chi connectivity index (χ2v) is 12.9. The maximum atomic E-state index is 13.4. The molecule has 4 heterocycles. The van der Waals surface area contributed by atoms with Crippen LogP contribution < -0.4 is 15.0 Å². The standard InChI is InChI=1S/C28H34ClN5O6S/c1-2-15-39-27(36)31-28(7-11-32(12-8-28)23-5-9-30-10-6-23)20-33-13-14-34(18-26(33)35)41(37,38)24-16-21-3-4-22(29)17-25(21)40-19-24/h3-6,9-10,16-17H,2,7-8,11-15,18-20H2,1H3,(H,31,36). The molecule has 220 valence electrons. The summed E-state index contributed by atoms with van der Waals surface area (Å²) in [6.45, 7) is 3.76. The van der Waals surface area contributed by atoms with E-state index in [0.717, 1.165) is 5.69 Å². The van der Waals surface area contributed by atoms with Gasteiger partial charge in [0.15, 0.2) is 0 Å². The first-order valence-electron chi connectivity index (χ1n) is 13.7. The fourth-order valence-electron chi connectivity index (χ4n) is 5.37. The van der Waals surface area contributed by atoms with E-state index in [1.54, 1.807) is 41.6 Å². The Kier molecular flexibility index (Phi) is 8.71. The quantitative estimate of drug-likeness (QED) is 0.489. The predicted molar refractivity (Wildman–Crippen MR) is 155 cm³/mol. The molecule has 0 saturated carbocycles. The lowest BCUT2D eigenvalue weighted by Gasteiger charge is -2.46. The number of alkyl carbamates (subject to hydrolysis) is 1. The monoisotopic (exact) mass is 603 g/mol. The number of piperidine rings is 1. The fourth-order valence-corrected chi connectivity index (χ4v) is 6.95. The highest BCUT2D eigenvalue weighted by Gasteiger charge is 2.42. The Labute approximate surface area is 245 Å². The number of piperazine rings is 1. The minimum absolute atomic E-state index is 0.0915. The Balaban J connectivity index is 1.27. The van der Waals surface area contributed by atoms with E-state index >= 15 is 0 Å². The van der Waals surface area contributed by atoms with Crippen LogP contribution in [0.3, 0.4) is 0 Å². The van der Waals surface area contributed by atoms with Crippen molar-refractivity contribution in [2.45, 2.75) is 31.7 Å². The third-order valence-corrected chi connectivity index (χ3v) is 9.79. The largest absolute Gasteiger partial charge is 0.487 e. The number of nitrogens with one attached hydrogen (secondary N) is 1. The Hall–Kier alpha value is -3.35. The van der Waals surface area contributed by atoms with Crippen molar-refractivity contribution in [1.82, 2.24) is 19.5 Å². The van der Waals surface area contributed by atoms with Gasteiger partial charge in [-0.2, -0.15) is 4.31 Å². The van der Waals surface area contributed by atoms with Crippen LogP contribution in [0, 0.1) is 0 Å². The number of sulfonamides is 1. The molecule has 3 aliphatic heterocycles. The lowest BCUT2D eigenvalue weighted by Crippen LogP contribution is -2.64. The van der Waals surface area contributed by atoms with Crippen molar-refractivity contribution < 1.29 is 27.5 Å². The van der Waals surface area contributed by atoms with Crippen molar-refractivity contribution in [3.05, 3.63) is 58.2 Å². The van der Waals surface area contributed by atoms with Crippen molar-refractivity contribution in [3.63, 3.8) is 0 Å². The second kappa shape index (κ2) is 12.3. The summed E-state index contributed by atoms with van der Waals surface area (Å²) in [5.74, 6) is 0.201. The molecule has 2 amide bonds. The number of amides is 2. The summed E-state index contributed by atoms with van der Waals surface area (Å²) in [5, 5.41) is 3.55. The molecule has 0 spiro atoms. The number of hydrogen-bond acceptors (Lipinski definition) is 8. The van der Waals surface area contributed by atoms with Gasteiger partial charge in [0.05, 0.1) is 23.6 Å². The molecule has 0 radical (unpaired) electrons. The fraction of sp³-hybridized carbons (Fsp3) is 0.464. The molecule has 1 aromatic heterocycles. The molecule has 2 aromatic rings. The van der Waals surface area contributed by atoms with Crippen molar-refractivity contribution in [3.8, 4) is 5.75 Å². The Morgan fingerprint density at radius 1 is 1.15 bits per heavy atom. The van der Waals surface area contributed by atoms with Crippen LogP contribution >= 0.6 is 11.6 Å². The van der Waals surface area contributed by atoms with Crippen LogP contribution in [0.15, 0.2) is 47.6 Å². The molecule has 1 N–H and O–H groups in total. The molecule has 2 saturated heterocycles. The summed E-state index contributed by atoms with van der Waals surface area (Å²) >= 11 is 6.02. The normalized spacial score (nSPS) is 19.2. The topological polar surface area (TPSA) is 121 Å². The van der Waals surface area contributed by atoms with Gasteiger partial charge in [-0.25, -0.2) is 13.2 Å². The van der Waals surface area contributed by atoms with Gasteiger partial charge < -0.3 is 24.6 Å². The van der Waals surface area contributed by atoms with Gasteiger partial charge in [-0.1, -0.05) is 18.5 Å². The number of carbonyl (C=O) groups excluding carboxylic acids is 2. The smallest absolute Gasteiger partial charge is 0.407 e. The minimum Gasteiger partial charge on any atom is -0.487 e. The molecule has 2 fully saturated rings. The Morgan fingerprint density at radius 3 is 2.61 bits per heavy atom. The Morgan fingerprint density at radius 2 is 1.90 bits per heavy atom. The van der Waals surface area contributed by atoms with Crippen molar-refractivity contribution in [1.29, 1.82) is 0 Å². The molecule has 5 rings (SSSR count). The number of aromatic nitrogens is 1. The zero-order valence-electron chi connectivity index (χ0n) is 22.9. The van der Waals surface area contributed by atoms with E-state index in [1.807, 2.05) is 19.1 Å². The second-order valence-electron chi connectivity index (χ2n) is 10.5. The van der Waals surface area contributed by atoms with Crippen LogP contribution in [0.5, 0.6) is 5.75 Å². The summed E-state index contributed by atoms with van der Waals surface area (Å²) in [5.41, 5.74) is 0.963. The summed E-state index contributed by atoms with van der Waals surface area (Å²) in [4.78, 5) is 34.0. The van der Waals surface area contributed by atoms with Gasteiger partial charge in [0.1, 0.15) is 12.4 Å². The number of carbonyl (C=O) groups is 2. The number of benzene rings is 1. The summed E-state index contributed by atoms with van der Waals surface area (Å²) in [6.07, 6.45) is 6.43. The number of pyridine rings is 1. The van der Waals surface area contributed by atoms with E-state index in [9.17, 15) is 18.0 Å². The maximum absolute atomic E-state index is 13.4. The summed E-state index contributed by atoms with van der Waals surface area (Å²) in [6, 6.07) is 8.90. The zero-order chi connectivity index (χ0) is 29.0. The first-order chi connectivity index (χ1) is 19.7. The molecule has 0 aliphatic carbocycles. The number of nitrogens with zero attached hydrogens (tertiary/aromatic N) is 4. The van der Waals surface area contributed by atoms with Crippen molar-refractivity contribution >= 4 is 45.4 Å². The van der Waals surface area contributed by atoms with E-state index in [2.05, 4.69) is 15.2 Å². The number of fused-ring (bicyclic) bond motifs is 1. The van der Waals surface area contributed by atoms with Crippen LogP contribution in [0.2, 0.25) is 5.02 Å². The molecule has 0 bridgehead atoms. The van der Waals surface area contributed by atoms with E-state index in [4.69, 9.17) is 21.1 Å². The molecule has 0 atom stereocenters. The minimum atomic E-state index is -3.92. The maximum Gasteiger partial charge on any atom is 0.407 e. The lowest BCUT2D eigenvalue weighted by molar-refractivity contribution is -0.135. The van der Waals surface area contributed by atoms with Gasteiger partial charge in [-0.05, 0) is 55.7 Å². The van der Waals surface area contributed by atoms with Gasteiger partial charge in [0.2, 0.25) is 15.9 Å². The van der Waals surface area contributed by atoms with Gasteiger partial charge in [-0.15, -0.1) is 0 Å². The molecule has 3 aliphatic rings. The highest BCUT2D eigenvalue weighted by Crippen LogP contribution is 2.33. The SMILES string of the molecule is CCCOC(=O)NC1(CN2CCN(S(=O)(=O)C3=Cc4ccc(Cl)cc4OC3)CC2=O)CCN(c2ccncc2)CC1. The highest BCUT2D eigenvalue weighted by molar-refractivity contribution is 7.93. The first-order valence-corrected chi connectivity index (χ1v) is 15.5. The molecule has 1 aromatic carbocycles. The number of hydrogen-bond donors (Lipinski definition) is 1. The lowest BCUT2D eigenvalue weighted by atomic mass is 9.86. The van der Waals surface area contributed by atoms with E-state index in [0.29, 0.717) is 55.3 Å². The van der Waals surface area contributed by atoms with Crippen LogP contribution in [0.25, 0.3) is 6.08 Å². The molecule has 13 heteroatoms. The number of halogens is 1. The third-order valence-electron chi connectivity index (χ3n) is 7.66. The average Bonchev–Trinajstić information content (AvgIpc) is 2.97. The number of rotatable bonds is 8. The van der Waals surface area contributed by atoms with Gasteiger partial charge in [-0.3, -0.25) is 9.78 Å². The van der Waals surface area contributed by atoms with Crippen LogP contribution in [0.1, 0.15) is 31.7 Å². The van der Waals surface area contributed by atoms with Gasteiger partial charge >= 0.3 is 6.09 Å². The summed E-state index contributed by atoms with van der Waals surface area (Å²) < 4.78 is 39.0. The molecular weight excluding hydrogens is 570 g/mol. The van der Waals surface area contributed by atoms with Gasteiger partial charge in [0.25, 0.3) is 0 Å². The molecule has 41 heavy (non-hydrogen) atoms. The van der Waals surface area contributed by atoms with Crippen LogP contribution in [-0.2, 0) is 19.6 Å². The third kappa shape index (κ3) is 6.60. The zero-order valence-corrected chi connectivity index (χ0v) is 24.5.